The molecule has 0 saturated carbocycles. The Balaban J connectivity index is 3.87. The number of rotatable bonds is 12. The van der Waals surface area contributed by atoms with Crippen molar-refractivity contribution in [3.05, 3.63) is 0 Å². The van der Waals surface area contributed by atoms with Gasteiger partial charge in [0.25, 0.3) is 0 Å². The summed E-state index contributed by atoms with van der Waals surface area (Å²) in [6.07, 6.45) is 4.18. The Morgan fingerprint density at radius 2 is 1.40 bits per heavy atom. The Kier molecular flexibility index (Phi) is 12.8. The molecule has 0 spiro atoms. The normalized spacial score (nSPS) is 12.2. The summed E-state index contributed by atoms with van der Waals surface area (Å²) >= 11 is -1.27. The van der Waals surface area contributed by atoms with Crippen molar-refractivity contribution in [1.29, 1.82) is 0 Å². The summed E-state index contributed by atoms with van der Waals surface area (Å²) in [6.45, 7) is 15.7. The summed E-state index contributed by atoms with van der Waals surface area (Å²) in [7, 11) is 4.55. The molecule has 0 fully saturated rings. The zero-order chi connectivity index (χ0) is 15.5. The molecular weight excluding hydrogens is 347 g/mol. The van der Waals surface area contributed by atoms with E-state index in [0.29, 0.717) is 6.04 Å². The molecule has 0 aromatic carbocycles. The topological polar surface area (TPSA) is 6.48 Å². The summed E-state index contributed by atoms with van der Waals surface area (Å²) in [5.74, 6) is 0. The van der Waals surface area contributed by atoms with Gasteiger partial charge in [0.2, 0.25) is 0 Å². The Bertz CT molecular complexity index is 219. The zero-order valence-electron chi connectivity index (χ0n) is 15.3. The maximum absolute atomic E-state index is 2.51. The molecule has 0 aromatic rings. The van der Waals surface area contributed by atoms with Crippen LogP contribution in [0.2, 0.25) is 12.0 Å². The first-order valence-electron chi connectivity index (χ1n) is 8.77. The van der Waals surface area contributed by atoms with Gasteiger partial charge in [-0.1, -0.05) is 0 Å². The summed E-state index contributed by atoms with van der Waals surface area (Å²) < 4.78 is 4.25. The second-order valence-corrected chi connectivity index (χ2v) is 18.6. The van der Waals surface area contributed by atoms with Crippen molar-refractivity contribution < 1.29 is 0 Å². The molecule has 0 aliphatic carbocycles. The molecule has 0 bridgehead atoms. The van der Waals surface area contributed by atoms with E-state index in [-0.39, 0.29) is 0 Å². The van der Waals surface area contributed by atoms with Crippen LogP contribution >= 0.6 is 0 Å². The molecule has 0 aromatic heterocycles. The summed E-state index contributed by atoms with van der Waals surface area (Å²) in [6, 6.07) is 0.699. The van der Waals surface area contributed by atoms with Crippen molar-refractivity contribution in [2.45, 2.75) is 72.0 Å². The summed E-state index contributed by atoms with van der Waals surface area (Å²) in [5, 5.41) is 0. The van der Waals surface area contributed by atoms with Gasteiger partial charge in [-0.25, -0.2) is 0 Å². The average Bonchev–Trinajstić information content (AvgIpc) is 2.36. The first-order chi connectivity index (χ1) is 9.38. The predicted molar refractivity (Wildman–Crippen MR) is 95.3 cm³/mol. The molecule has 0 radical (unpaired) electrons. The zero-order valence-corrected chi connectivity index (χ0v) is 18.6. The first kappa shape index (κ1) is 20.8. The molecule has 0 aliphatic rings. The Morgan fingerprint density at radius 3 is 1.85 bits per heavy atom. The van der Waals surface area contributed by atoms with Crippen LogP contribution < -0.4 is 0 Å². The molecule has 0 aliphatic heterocycles. The second-order valence-electron chi connectivity index (χ2n) is 7.17. The first-order valence-corrected chi connectivity index (χ1v) is 15.3. The molecule has 120 valence electrons. The third-order valence-electron chi connectivity index (χ3n) is 4.63. The molecular formula is C17H39InN2. The van der Waals surface area contributed by atoms with Gasteiger partial charge < -0.3 is 0 Å². The third kappa shape index (κ3) is 10.5. The summed E-state index contributed by atoms with van der Waals surface area (Å²) in [4.78, 5) is 5.01. The monoisotopic (exact) mass is 386 g/mol. The molecule has 0 saturated heterocycles. The third-order valence-corrected chi connectivity index (χ3v) is 16.6. The van der Waals surface area contributed by atoms with E-state index < -0.39 is 21.4 Å². The van der Waals surface area contributed by atoms with Crippen LogP contribution in [0.1, 0.15) is 53.9 Å². The van der Waals surface area contributed by atoms with Crippen molar-refractivity contribution in [3.8, 4) is 0 Å². The van der Waals surface area contributed by atoms with Gasteiger partial charge in [-0.2, -0.15) is 0 Å². The Hall–Kier alpha value is 0.790. The van der Waals surface area contributed by atoms with Gasteiger partial charge in [0.1, 0.15) is 0 Å². The van der Waals surface area contributed by atoms with Gasteiger partial charge in [0.05, 0.1) is 0 Å². The van der Waals surface area contributed by atoms with E-state index in [2.05, 4.69) is 58.5 Å². The van der Waals surface area contributed by atoms with E-state index in [1.165, 1.54) is 38.9 Å². The number of hydrogen-bond acceptors (Lipinski definition) is 2. The predicted octanol–water partition coefficient (Wildman–Crippen LogP) is 4.35. The second kappa shape index (κ2) is 12.3. The van der Waals surface area contributed by atoms with E-state index >= 15 is 0 Å². The fourth-order valence-electron chi connectivity index (χ4n) is 2.79. The maximum atomic E-state index is 2.51. The van der Waals surface area contributed by atoms with Crippen LogP contribution in [-0.4, -0.2) is 71.0 Å². The van der Waals surface area contributed by atoms with Gasteiger partial charge in [0.15, 0.2) is 0 Å². The summed E-state index contributed by atoms with van der Waals surface area (Å²) in [5.41, 5.74) is 0. The van der Waals surface area contributed by atoms with Crippen LogP contribution in [0.25, 0.3) is 0 Å². The van der Waals surface area contributed by atoms with Crippen molar-refractivity contribution in [2.75, 3.05) is 33.7 Å². The Morgan fingerprint density at radius 1 is 0.850 bits per heavy atom. The molecule has 0 amide bonds. The fourth-order valence-corrected chi connectivity index (χ4v) is 11.5. The van der Waals surface area contributed by atoms with Crippen LogP contribution in [-0.2, 0) is 0 Å². The fraction of sp³-hybridized carbons (Fsp3) is 1.00. The van der Waals surface area contributed by atoms with Gasteiger partial charge in [-0.05, 0) is 0 Å². The van der Waals surface area contributed by atoms with Gasteiger partial charge in [-0.15, -0.1) is 0 Å². The van der Waals surface area contributed by atoms with E-state index in [4.69, 9.17) is 0 Å². The standard InChI is InChI=1S/2C7H16N.C3H7.In/c1-5-6-8(4)7(2)3;1-4-6-8(3)7-5-2;1-3-2;/h7H,1,5-6H2,2-4H3;1,4-7H2,2-3H3;3H,1-2H3;. The van der Waals surface area contributed by atoms with Crippen LogP contribution in [0, 0.1) is 0 Å². The van der Waals surface area contributed by atoms with Crippen molar-refractivity contribution in [3.63, 3.8) is 0 Å². The van der Waals surface area contributed by atoms with Gasteiger partial charge in [0, 0.05) is 0 Å². The molecule has 0 unspecified atom stereocenters. The molecule has 0 heterocycles. The molecule has 2 nitrogen and oxygen atoms in total. The van der Waals surface area contributed by atoms with Gasteiger partial charge in [-0.3, -0.25) is 0 Å². The van der Waals surface area contributed by atoms with Crippen molar-refractivity contribution in [2.24, 2.45) is 0 Å². The molecule has 0 rings (SSSR count). The Labute approximate surface area is 136 Å². The molecule has 0 atom stereocenters. The van der Waals surface area contributed by atoms with E-state index in [0.717, 1.165) is 3.67 Å². The number of hydrogen-bond donors (Lipinski definition) is 0. The number of nitrogens with zero attached hydrogens (tertiary/aromatic N) is 2. The average molecular weight is 386 g/mol. The van der Waals surface area contributed by atoms with E-state index in [1.807, 2.05) is 0 Å². The molecule has 0 N–H and O–H groups in total. The van der Waals surface area contributed by atoms with Crippen LogP contribution in [0.15, 0.2) is 0 Å². The van der Waals surface area contributed by atoms with E-state index in [1.54, 1.807) is 8.35 Å². The molecule has 3 heteroatoms. The minimum absolute atomic E-state index is 0.699. The quantitative estimate of drug-likeness (QED) is 0.492. The van der Waals surface area contributed by atoms with Gasteiger partial charge >= 0.3 is 137 Å². The van der Waals surface area contributed by atoms with E-state index in [9.17, 15) is 0 Å². The van der Waals surface area contributed by atoms with Crippen molar-refractivity contribution >= 4 is 21.4 Å². The minimum atomic E-state index is -1.27. The van der Waals surface area contributed by atoms with Crippen LogP contribution in [0.3, 0.4) is 0 Å². The van der Waals surface area contributed by atoms with Crippen LogP contribution in [0.4, 0.5) is 0 Å². The SMILES string of the molecule is CCCN(C)CC[CH2][In]([CH2]CCN(C)C(C)C)[CH](C)C. The molecule has 20 heavy (non-hydrogen) atoms. The van der Waals surface area contributed by atoms with Crippen molar-refractivity contribution in [1.82, 2.24) is 9.80 Å². The van der Waals surface area contributed by atoms with Crippen LogP contribution in [0.5, 0.6) is 0 Å².